The predicted molar refractivity (Wildman–Crippen MR) is 68.5 cm³/mol. The van der Waals surface area contributed by atoms with Gasteiger partial charge in [0.1, 0.15) is 0 Å². The molecule has 0 bridgehead atoms. The van der Waals surface area contributed by atoms with Crippen molar-refractivity contribution in [2.75, 3.05) is 19.7 Å². The minimum Gasteiger partial charge on any atom is -0.396 e. The third-order valence-corrected chi connectivity index (χ3v) is 3.62. The maximum Gasteiger partial charge on any atom is 0.225 e. The molecule has 0 aromatic heterocycles. The van der Waals surface area contributed by atoms with Crippen LogP contribution in [0.2, 0.25) is 0 Å². The Balaban J connectivity index is 2.45. The van der Waals surface area contributed by atoms with Crippen LogP contribution in [0.1, 0.15) is 45.4 Å². The molecule has 0 aromatic carbocycles. The Morgan fingerprint density at radius 2 is 2.18 bits per heavy atom. The normalized spacial score (nSPS) is 17.6. The summed E-state index contributed by atoms with van der Waals surface area (Å²) >= 11 is 0. The Labute approximate surface area is 104 Å². The van der Waals surface area contributed by atoms with Crippen molar-refractivity contribution in [3.8, 4) is 0 Å². The molecule has 1 saturated carbocycles. The van der Waals surface area contributed by atoms with E-state index in [9.17, 15) is 4.79 Å². The second kappa shape index (κ2) is 7.67. The highest BCUT2D eigenvalue weighted by molar-refractivity contribution is 5.78. The summed E-state index contributed by atoms with van der Waals surface area (Å²) in [5.41, 5.74) is 5.47. The summed E-state index contributed by atoms with van der Waals surface area (Å²) < 4.78 is 0. The fourth-order valence-electron chi connectivity index (χ4n) is 2.24. The fourth-order valence-corrected chi connectivity index (χ4v) is 2.24. The van der Waals surface area contributed by atoms with Gasteiger partial charge in [0, 0.05) is 25.1 Å². The molecule has 1 amide bonds. The van der Waals surface area contributed by atoms with E-state index in [0.29, 0.717) is 25.6 Å². The molecule has 0 aliphatic heterocycles. The molecule has 0 saturated heterocycles. The Hall–Kier alpha value is -0.610. The quantitative estimate of drug-likeness (QED) is 0.670. The van der Waals surface area contributed by atoms with Crippen molar-refractivity contribution in [1.29, 1.82) is 0 Å². The lowest BCUT2D eigenvalue weighted by molar-refractivity contribution is -0.139. The molecule has 1 atom stereocenters. The molecular weight excluding hydrogens is 216 g/mol. The Morgan fingerprint density at radius 3 is 2.65 bits per heavy atom. The number of hydrogen-bond donors (Lipinski definition) is 2. The van der Waals surface area contributed by atoms with Crippen LogP contribution in [0, 0.1) is 5.92 Å². The smallest absolute Gasteiger partial charge is 0.225 e. The molecule has 4 heteroatoms. The Kier molecular flexibility index (Phi) is 6.52. The number of carbonyl (C=O) groups is 1. The van der Waals surface area contributed by atoms with Crippen LogP contribution in [0.3, 0.4) is 0 Å². The second-order valence-electron chi connectivity index (χ2n) is 5.03. The fraction of sp³-hybridized carbons (Fsp3) is 0.923. The molecular formula is C13H26N2O2. The number of aliphatic hydroxyl groups excluding tert-OH is 1. The summed E-state index contributed by atoms with van der Waals surface area (Å²) in [5, 5.41) is 8.89. The van der Waals surface area contributed by atoms with E-state index in [1.54, 1.807) is 0 Å². The van der Waals surface area contributed by atoms with Crippen molar-refractivity contribution in [2.24, 2.45) is 11.7 Å². The van der Waals surface area contributed by atoms with Crippen molar-refractivity contribution < 1.29 is 9.90 Å². The average molecular weight is 242 g/mol. The van der Waals surface area contributed by atoms with E-state index in [2.05, 4.69) is 0 Å². The van der Waals surface area contributed by atoms with Crippen molar-refractivity contribution in [3.05, 3.63) is 0 Å². The average Bonchev–Trinajstić information content (AvgIpc) is 2.27. The number of aliphatic hydroxyl groups is 1. The van der Waals surface area contributed by atoms with Gasteiger partial charge in [-0.05, 0) is 45.1 Å². The van der Waals surface area contributed by atoms with Gasteiger partial charge in [0.25, 0.3) is 0 Å². The van der Waals surface area contributed by atoms with Gasteiger partial charge in [-0.2, -0.15) is 0 Å². The molecule has 100 valence electrons. The lowest BCUT2D eigenvalue weighted by atomic mass is 9.90. The van der Waals surface area contributed by atoms with Gasteiger partial charge in [0.05, 0.1) is 0 Å². The number of carbonyl (C=O) groups excluding carboxylic acids is 1. The molecule has 1 rings (SSSR count). The van der Waals surface area contributed by atoms with Gasteiger partial charge in [-0.1, -0.05) is 6.92 Å². The van der Waals surface area contributed by atoms with Gasteiger partial charge < -0.3 is 15.7 Å². The van der Waals surface area contributed by atoms with Crippen LogP contribution in [-0.2, 0) is 4.79 Å². The van der Waals surface area contributed by atoms with Crippen LogP contribution in [0.25, 0.3) is 0 Å². The molecule has 0 aromatic rings. The van der Waals surface area contributed by atoms with E-state index in [1.807, 2.05) is 11.8 Å². The Morgan fingerprint density at radius 1 is 1.47 bits per heavy atom. The molecule has 1 aliphatic carbocycles. The van der Waals surface area contributed by atoms with Crippen molar-refractivity contribution in [2.45, 2.75) is 51.5 Å². The van der Waals surface area contributed by atoms with E-state index in [1.165, 1.54) is 6.42 Å². The van der Waals surface area contributed by atoms with Gasteiger partial charge in [-0.3, -0.25) is 4.79 Å². The lowest BCUT2D eigenvalue weighted by Crippen LogP contribution is -2.47. The minimum atomic E-state index is 0.0674. The molecule has 17 heavy (non-hydrogen) atoms. The van der Waals surface area contributed by atoms with E-state index >= 15 is 0 Å². The first kappa shape index (κ1) is 14.5. The number of amides is 1. The first-order valence-corrected chi connectivity index (χ1v) is 6.82. The standard InChI is InChI=1S/C13H26N2O2/c1-11(5-3-8-14)13(17)15(9-4-10-16)12-6-2-7-12/h11-12,16H,2-10,14H2,1H3. The van der Waals surface area contributed by atoms with E-state index in [4.69, 9.17) is 10.8 Å². The van der Waals surface area contributed by atoms with Crippen molar-refractivity contribution in [3.63, 3.8) is 0 Å². The van der Waals surface area contributed by atoms with Gasteiger partial charge in [0.15, 0.2) is 0 Å². The molecule has 0 spiro atoms. The van der Waals surface area contributed by atoms with Crippen LogP contribution in [0.4, 0.5) is 0 Å². The molecule has 0 radical (unpaired) electrons. The topological polar surface area (TPSA) is 66.6 Å². The van der Waals surface area contributed by atoms with E-state index in [-0.39, 0.29) is 18.4 Å². The molecule has 1 unspecified atom stereocenters. The molecule has 3 N–H and O–H groups in total. The summed E-state index contributed by atoms with van der Waals surface area (Å²) in [6.07, 6.45) is 5.95. The van der Waals surface area contributed by atoms with Gasteiger partial charge in [-0.25, -0.2) is 0 Å². The molecule has 0 heterocycles. The summed E-state index contributed by atoms with van der Waals surface area (Å²) in [5.74, 6) is 0.314. The summed E-state index contributed by atoms with van der Waals surface area (Å²) in [6.45, 7) is 3.50. The zero-order chi connectivity index (χ0) is 12.7. The summed E-state index contributed by atoms with van der Waals surface area (Å²) in [4.78, 5) is 14.3. The van der Waals surface area contributed by atoms with Gasteiger partial charge >= 0.3 is 0 Å². The maximum absolute atomic E-state index is 12.3. The number of nitrogens with zero attached hydrogens (tertiary/aromatic N) is 1. The van der Waals surface area contributed by atoms with E-state index in [0.717, 1.165) is 25.7 Å². The Bertz CT molecular complexity index is 229. The highest BCUT2D eigenvalue weighted by Crippen LogP contribution is 2.26. The zero-order valence-electron chi connectivity index (χ0n) is 10.9. The summed E-state index contributed by atoms with van der Waals surface area (Å²) in [6, 6.07) is 0.425. The van der Waals surface area contributed by atoms with Crippen LogP contribution < -0.4 is 5.73 Å². The molecule has 4 nitrogen and oxygen atoms in total. The van der Waals surface area contributed by atoms with Crippen LogP contribution >= 0.6 is 0 Å². The van der Waals surface area contributed by atoms with Crippen LogP contribution in [-0.4, -0.2) is 41.7 Å². The summed E-state index contributed by atoms with van der Waals surface area (Å²) in [7, 11) is 0. The third-order valence-electron chi connectivity index (χ3n) is 3.62. The zero-order valence-corrected chi connectivity index (χ0v) is 10.9. The van der Waals surface area contributed by atoms with E-state index < -0.39 is 0 Å². The largest absolute Gasteiger partial charge is 0.396 e. The maximum atomic E-state index is 12.3. The number of rotatable bonds is 8. The second-order valence-corrected chi connectivity index (χ2v) is 5.03. The SMILES string of the molecule is CC(CCCN)C(=O)N(CCCO)C1CCC1. The molecule has 1 aliphatic rings. The minimum absolute atomic E-state index is 0.0674. The first-order valence-electron chi connectivity index (χ1n) is 6.82. The van der Waals surface area contributed by atoms with Gasteiger partial charge in [-0.15, -0.1) is 0 Å². The lowest BCUT2D eigenvalue weighted by Gasteiger charge is -2.39. The highest BCUT2D eigenvalue weighted by atomic mass is 16.3. The monoisotopic (exact) mass is 242 g/mol. The first-order chi connectivity index (χ1) is 8.20. The highest BCUT2D eigenvalue weighted by Gasteiger charge is 2.30. The predicted octanol–water partition coefficient (Wildman–Crippen LogP) is 1.12. The van der Waals surface area contributed by atoms with Crippen molar-refractivity contribution >= 4 is 5.91 Å². The number of hydrogen-bond acceptors (Lipinski definition) is 3. The van der Waals surface area contributed by atoms with Crippen molar-refractivity contribution in [1.82, 2.24) is 4.90 Å². The molecule has 1 fully saturated rings. The van der Waals surface area contributed by atoms with Crippen LogP contribution in [0.5, 0.6) is 0 Å². The number of nitrogens with two attached hydrogens (primary N) is 1. The van der Waals surface area contributed by atoms with Gasteiger partial charge in [0.2, 0.25) is 5.91 Å². The van der Waals surface area contributed by atoms with Crippen LogP contribution in [0.15, 0.2) is 0 Å². The third kappa shape index (κ3) is 4.28.